The lowest BCUT2D eigenvalue weighted by atomic mass is 10.2. The zero-order valence-electron chi connectivity index (χ0n) is 8.93. The Kier molecular flexibility index (Phi) is 3.73. The monoisotopic (exact) mass is 288 g/mol. The molecule has 0 unspecified atom stereocenters. The van der Waals surface area contributed by atoms with E-state index in [0.717, 1.165) is 11.1 Å². The van der Waals surface area contributed by atoms with E-state index in [1.165, 1.54) is 11.8 Å². The molecule has 4 heteroatoms. The number of hydrogen-bond acceptors (Lipinski definition) is 3. The molecule has 0 saturated carbocycles. The molecule has 0 bridgehead atoms. The van der Waals surface area contributed by atoms with Crippen molar-refractivity contribution in [1.82, 2.24) is 4.98 Å². The Hall–Kier alpha value is -1.86. The number of rotatable bonds is 3. The second kappa shape index (κ2) is 5.46. The minimum absolute atomic E-state index is 0.482. The molecule has 0 saturated heterocycles. The first-order chi connectivity index (χ1) is 8.31. The largest absolute Gasteiger partial charge is 0.439 e. The number of nitrogens with zero attached hydrogens (tertiary/aromatic N) is 2. The molecule has 0 spiro atoms. The molecule has 1 aromatic carbocycles. The van der Waals surface area contributed by atoms with Crippen molar-refractivity contribution in [1.29, 1.82) is 5.26 Å². The quantitative estimate of drug-likeness (QED) is 0.810. The summed E-state index contributed by atoms with van der Waals surface area (Å²) in [6.45, 7) is 0. The SMILES string of the molecule is N#Cc1ccc(Oc2ccc(CBr)cc2)nc1. The van der Waals surface area contributed by atoms with Gasteiger partial charge in [-0.3, -0.25) is 0 Å². The number of alkyl halides is 1. The fourth-order valence-corrected chi connectivity index (χ4v) is 1.65. The first kappa shape index (κ1) is 11.6. The van der Waals surface area contributed by atoms with E-state index in [2.05, 4.69) is 20.9 Å². The van der Waals surface area contributed by atoms with Crippen LogP contribution in [0.25, 0.3) is 0 Å². The summed E-state index contributed by atoms with van der Waals surface area (Å²) in [7, 11) is 0. The second-order valence-corrected chi connectivity index (χ2v) is 3.94. The van der Waals surface area contributed by atoms with Crippen LogP contribution in [0.15, 0.2) is 42.6 Å². The average molecular weight is 289 g/mol. The maximum Gasteiger partial charge on any atom is 0.219 e. The molecule has 0 aliphatic rings. The maximum absolute atomic E-state index is 8.64. The molecule has 2 aromatic rings. The van der Waals surface area contributed by atoms with E-state index in [4.69, 9.17) is 10.00 Å². The molecule has 0 aliphatic heterocycles. The van der Waals surface area contributed by atoms with Crippen molar-refractivity contribution in [2.75, 3.05) is 0 Å². The van der Waals surface area contributed by atoms with Crippen LogP contribution in [0.1, 0.15) is 11.1 Å². The summed E-state index contributed by atoms with van der Waals surface area (Å²) in [5, 5.41) is 9.46. The fourth-order valence-electron chi connectivity index (χ4n) is 1.27. The van der Waals surface area contributed by atoms with Gasteiger partial charge in [0.2, 0.25) is 5.88 Å². The molecule has 2 rings (SSSR count). The minimum Gasteiger partial charge on any atom is -0.439 e. The Bertz CT molecular complexity index is 529. The summed E-state index contributed by atoms with van der Waals surface area (Å²) in [6, 6.07) is 13.1. The summed E-state index contributed by atoms with van der Waals surface area (Å²) in [6.07, 6.45) is 1.49. The summed E-state index contributed by atoms with van der Waals surface area (Å²) >= 11 is 3.38. The van der Waals surface area contributed by atoms with E-state index in [1.54, 1.807) is 12.1 Å². The topological polar surface area (TPSA) is 45.9 Å². The number of aromatic nitrogens is 1. The smallest absolute Gasteiger partial charge is 0.219 e. The van der Waals surface area contributed by atoms with Crippen LogP contribution in [0.5, 0.6) is 11.6 Å². The van der Waals surface area contributed by atoms with Crippen molar-refractivity contribution in [3.8, 4) is 17.7 Å². The van der Waals surface area contributed by atoms with Crippen molar-refractivity contribution < 1.29 is 4.74 Å². The summed E-state index contributed by atoms with van der Waals surface area (Å²) in [4.78, 5) is 4.03. The summed E-state index contributed by atoms with van der Waals surface area (Å²) < 4.78 is 5.54. The highest BCUT2D eigenvalue weighted by Crippen LogP contribution is 2.20. The number of pyridine rings is 1. The van der Waals surface area contributed by atoms with Crippen LogP contribution in [0, 0.1) is 11.3 Å². The third-order valence-electron chi connectivity index (χ3n) is 2.17. The first-order valence-corrected chi connectivity index (χ1v) is 6.13. The summed E-state index contributed by atoms with van der Waals surface area (Å²) in [5.41, 5.74) is 1.71. The van der Waals surface area contributed by atoms with Crippen molar-refractivity contribution in [3.05, 3.63) is 53.7 Å². The van der Waals surface area contributed by atoms with Gasteiger partial charge in [-0.2, -0.15) is 5.26 Å². The number of nitriles is 1. The molecule has 0 atom stereocenters. The van der Waals surface area contributed by atoms with E-state index in [0.29, 0.717) is 11.4 Å². The van der Waals surface area contributed by atoms with Gasteiger partial charge in [0.1, 0.15) is 11.8 Å². The van der Waals surface area contributed by atoms with Gasteiger partial charge in [-0.25, -0.2) is 4.98 Å². The van der Waals surface area contributed by atoms with Crippen molar-refractivity contribution in [2.24, 2.45) is 0 Å². The van der Waals surface area contributed by atoms with Crippen LogP contribution >= 0.6 is 15.9 Å². The minimum atomic E-state index is 0.482. The van der Waals surface area contributed by atoms with Crippen LogP contribution in [-0.2, 0) is 5.33 Å². The van der Waals surface area contributed by atoms with Crippen LogP contribution in [0.2, 0.25) is 0 Å². The normalized spacial score (nSPS) is 9.65. The van der Waals surface area contributed by atoms with Crippen molar-refractivity contribution in [2.45, 2.75) is 5.33 Å². The predicted molar refractivity (Wildman–Crippen MR) is 68.1 cm³/mol. The second-order valence-electron chi connectivity index (χ2n) is 3.38. The van der Waals surface area contributed by atoms with Gasteiger partial charge in [0.25, 0.3) is 0 Å². The number of halogens is 1. The van der Waals surface area contributed by atoms with Crippen molar-refractivity contribution in [3.63, 3.8) is 0 Å². The van der Waals surface area contributed by atoms with Gasteiger partial charge in [-0.15, -0.1) is 0 Å². The van der Waals surface area contributed by atoms with Crippen molar-refractivity contribution >= 4 is 15.9 Å². The lowest BCUT2D eigenvalue weighted by molar-refractivity contribution is 0.463. The molecule has 3 nitrogen and oxygen atoms in total. The molecular formula is C13H9BrN2O. The first-order valence-electron chi connectivity index (χ1n) is 5.01. The molecular weight excluding hydrogens is 280 g/mol. The zero-order chi connectivity index (χ0) is 12.1. The maximum atomic E-state index is 8.64. The molecule has 1 aromatic heterocycles. The lowest BCUT2D eigenvalue weighted by Crippen LogP contribution is -1.88. The molecule has 84 valence electrons. The Morgan fingerprint density at radius 1 is 1.18 bits per heavy atom. The molecule has 0 radical (unpaired) electrons. The highest BCUT2D eigenvalue weighted by Gasteiger charge is 1.99. The Morgan fingerprint density at radius 2 is 1.94 bits per heavy atom. The molecule has 17 heavy (non-hydrogen) atoms. The van der Waals surface area contributed by atoms with E-state index >= 15 is 0 Å². The highest BCUT2D eigenvalue weighted by molar-refractivity contribution is 9.08. The molecule has 0 amide bonds. The molecule has 1 heterocycles. The highest BCUT2D eigenvalue weighted by atomic mass is 79.9. The molecule has 0 N–H and O–H groups in total. The standard InChI is InChI=1S/C13H9BrN2O/c14-7-10-1-4-12(5-2-10)17-13-6-3-11(8-15)9-16-13/h1-6,9H,7H2. The van der Waals surface area contributed by atoms with Gasteiger partial charge in [0.05, 0.1) is 5.56 Å². The van der Waals surface area contributed by atoms with Gasteiger partial charge in [-0.1, -0.05) is 28.1 Å². The van der Waals surface area contributed by atoms with E-state index < -0.39 is 0 Å². The van der Waals surface area contributed by atoms with Crippen LogP contribution < -0.4 is 4.74 Å². The van der Waals surface area contributed by atoms with Gasteiger partial charge in [-0.05, 0) is 23.8 Å². The lowest BCUT2D eigenvalue weighted by Gasteiger charge is -2.04. The summed E-state index contributed by atoms with van der Waals surface area (Å²) in [5.74, 6) is 1.21. The van der Waals surface area contributed by atoms with E-state index in [9.17, 15) is 0 Å². The van der Waals surface area contributed by atoms with Gasteiger partial charge >= 0.3 is 0 Å². The third-order valence-corrected chi connectivity index (χ3v) is 2.81. The third kappa shape index (κ3) is 3.05. The Balaban J connectivity index is 2.11. The predicted octanol–water partition coefficient (Wildman–Crippen LogP) is 3.64. The van der Waals surface area contributed by atoms with Gasteiger partial charge in [0.15, 0.2) is 0 Å². The Labute approximate surface area is 108 Å². The van der Waals surface area contributed by atoms with Gasteiger partial charge in [0, 0.05) is 17.6 Å². The molecule has 0 aliphatic carbocycles. The fraction of sp³-hybridized carbons (Fsp3) is 0.0769. The van der Waals surface area contributed by atoms with E-state index in [-0.39, 0.29) is 0 Å². The van der Waals surface area contributed by atoms with Crippen LogP contribution in [-0.4, -0.2) is 4.98 Å². The average Bonchev–Trinajstić information content (AvgIpc) is 2.40. The van der Waals surface area contributed by atoms with Crippen LogP contribution in [0.3, 0.4) is 0 Å². The zero-order valence-corrected chi connectivity index (χ0v) is 10.5. The van der Waals surface area contributed by atoms with E-state index in [1.807, 2.05) is 30.3 Å². The van der Waals surface area contributed by atoms with Crippen LogP contribution in [0.4, 0.5) is 0 Å². The molecule has 0 fully saturated rings. The number of benzene rings is 1. The number of ether oxygens (including phenoxy) is 1. The van der Waals surface area contributed by atoms with Gasteiger partial charge < -0.3 is 4.74 Å². The Morgan fingerprint density at radius 3 is 2.47 bits per heavy atom. The number of hydrogen-bond donors (Lipinski definition) is 0.